The van der Waals surface area contributed by atoms with Crippen LogP contribution in [0.4, 0.5) is 10.9 Å². The largest absolute Gasteiger partial charge is 0.347 e. The molecule has 3 aromatic rings. The minimum atomic E-state index is -0.259. The van der Waals surface area contributed by atoms with Gasteiger partial charge in [0.2, 0.25) is 0 Å². The number of amides is 1. The van der Waals surface area contributed by atoms with E-state index in [-0.39, 0.29) is 11.8 Å². The van der Waals surface area contributed by atoms with Crippen LogP contribution in [0.15, 0.2) is 29.9 Å². The maximum Gasteiger partial charge on any atom is 0.271 e. The maximum absolute atomic E-state index is 12.4. The average molecular weight is 450 g/mol. The number of piperidine rings is 1. The first-order valence-corrected chi connectivity index (χ1v) is 11.2. The Bertz CT molecular complexity index is 1110. The summed E-state index contributed by atoms with van der Waals surface area (Å²) in [4.78, 5) is 28.3. The number of aromatic nitrogens is 5. The van der Waals surface area contributed by atoms with Gasteiger partial charge in [-0.2, -0.15) is 15.5 Å². The number of thiazole rings is 1. The molecule has 1 saturated heterocycles. The third-order valence-corrected chi connectivity index (χ3v) is 5.86. The highest BCUT2D eigenvalue weighted by atomic mass is 32.1. The monoisotopic (exact) mass is 449 g/mol. The third-order valence-electron chi connectivity index (χ3n) is 5.11. The number of carbonyl (C=O) groups is 1. The molecule has 32 heavy (non-hydrogen) atoms. The van der Waals surface area contributed by atoms with Crippen LogP contribution in [0.5, 0.6) is 0 Å². The van der Waals surface area contributed by atoms with E-state index in [4.69, 9.17) is 10.2 Å². The van der Waals surface area contributed by atoms with Crippen LogP contribution in [0.25, 0.3) is 0 Å². The molecule has 1 atom stereocenters. The van der Waals surface area contributed by atoms with Gasteiger partial charge in [-0.15, -0.1) is 11.3 Å². The average Bonchev–Trinajstić information content (AvgIpc) is 3.27. The zero-order valence-electron chi connectivity index (χ0n) is 17.7. The van der Waals surface area contributed by atoms with Gasteiger partial charge in [0, 0.05) is 42.3 Å². The molecule has 0 aliphatic carbocycles. The molecule has 0 aromatic carbocycles. The number of rotatable bonds is 7. The second-order valence-electron chi connectivity index (χ2n) is 7.58. The molecule has 2 N–H and O–H groups in total. The lowest BCUT2D eigenvalue weighted by atomic mass is 9.97. The molecule has 4 heterocycles. The molecular formula is C21H23N9OS. The normalized spacial score (nSPS) is 16.3. The lowest BCUT2D eigenvalue weighted by Gasteiger charge is -2.30. The Morgan fingerprint density at radius 2 is 2.25 bits per heavy atom. The molecule has 0 spiro atoms. The van der Waals surface area contributed by atoms with Crippen LogP contribution < -0.4 is 10.6 Å². The summed E-state index contributed by atoms with van der Waals surface area (Å²) in [6, 6.07) is 5.87. The Morgan fingerprint density at radius 3 is 3.06 bits per heavy atom. The molecule has 0 bridgehead atoms. The zero-order chi connectivity index (χ0) is 22.3. The van der Waals surface area contributed by atoms with Crippen LogP contribution in [-0.2, 0) is 6.54 Å². The van der Waals surface area contributed by atoms with Gasteiger partial charge in [0.1, 0.15) is 17.3 Å². The summed E-state index contributed by atoms with van der Waals surface area (Å²) in [5.41, 5.74) is 2.06. The van der Waals surface area contributed by atoms with Gasteiger partial charge in [-0.25, -0.2) is 15.0 Å². The van der Waals surface area contributed by atoms with Crippen molar-refractivity contribution in [2.75, 3.05) is 25.0 Å². The molecule has 0 radical (unpaired) electrons. The SMILES string of the molecule is Cc1cc(Nc2nc(C(=O)NCc3ccnnc3)cs2)nc([C@H]2CCCN(CC#N)C2)n1. The highest BCUT2D eigenvalue weighted by Gasteiger charge is 2.24. The molecule has 3 aromatic heterocycles. The number of hydrogen-bond acceptors (Lipinski definition) is 10. The standard InChI is InChI=1S/C21H23N9OS/c1-14-9-18(28-19(26-14)16-3-2-7-30(12-16)8-5-22)29-21-27-17(13-32-21)20(31)23-10-15-4-6-24-25-11-15/h4,6,9,11,13,16H,2-3,7-8,10,12H2,1H3,(H,23,31)(H,26,27,28,29)/t16-/m0/s1. The number of nitrogens with zero attached hydrogens (tertiary/aromatic N) is 7. The number of anilines is 2. The zero-order valence-corrected chi connectivity index (χ0v) is 18.5. The van der Waals surface area contributed by atoms with Crippen molar-refractivity contribution < 1.29 is 4.79 Å². The lowest BCUT2D eigenvalue weighted by Crippen LogP contribution is -2.35. The summed E-state index contributed by atoms with van der Waals surface area (Å²) in [6.07, 6.45) is 5.21. The van der Waals surface area contributed by atoms with Crippen LogP contribution in [0.3, 0.4) is 0 Å². The Labute approximate surface area is 189 Å². The number of aryl methyl sites for hydroxylation is 1. The Morgan fingerprint density at radius 1 is 1.34 bits per heavy atom. The fourth-order valence-corrected chi connectivity index (χ4v) is 4.29. The third kappa shape index (κ3) is 5.60. The molecule has 164 valence electrons. The van der Waals surface area contributed by atoms with Gasteiger partial charge in [0.15, 0.2) is 5.13 Å². The van der Waals surface area contributed by atoms with Crippen LogP contribution >= 0.6 is 11.3 Å². The van der Waals surface area contributed by atoms with Crippen LogP contribution in [0, 0.1) is 18.3 Å². The van der Waals surface area contributed by atoms with E-state index in [1.807, 2.05) is 13.0 Å². The van der Waals surface area contributed by atoms with E-state index >= 15 is 0 Å². The Hall–Kier alpha value is -3.49. The summed E-state index contributed by atoms with van der Waals surface area (Å²) in [5.74, 6) is 1.35. The Balaban J connectivity index is 1.41. The molecule has 1 aliphatic rings. The van der Waals surface area contributed by atoms with Crippen molar-refractivity contribution in [3.63, 3.8) is 0 Å². The highest BCUT2D eigenvalue weighted by Crippen LogP contribution is 2.27. The van der Waals surface area contributed by atoms with Crippen molar-refractivity contribution >= 4 is 28.2 Å². The van der Waals surface area contributed by atoms with Gasteiger partial charge < -0.3 is 10.6 Å². The first-order valence-electron chi connectivity index (χ1n) is 10.3. The minimum Gasteiger partial charge on any atom is -0.347 e. The van der Waals surface area contributed by atoms with Gasteiger partial charge in [0.05, 0.1) is 18.8 Å². The fourth-order valence-electron chi connectivity index (χ4n) is 3.59. The summed E-state index contributed by atoms with van der Waals surface area (Å²) in [5, 5.41) is 24.8. The number of likely N-dealkylation sites (tertiary alicyclic amines) is 1. The van der Waals surface area contributed by atoms with E-state index in [2.05, 4.69) is 41.8 Å². The van der Waals surface area contributed by atoms with Crippen molar-refractivity contribution in [1.29, 1.82) is 5.26 Å². The second-order valence-corrected chi connectivity index (χ2v) is 8.44. The van der Waals surface area contributed by atoms with Gasteiger partial charge in [-0.05, 0) is 37.9 Å². The quantitative estimate of drug-likeness (QED) is 0.522. The fraction of sp³-hybridized carbons (Fsp3) is 0.381. The van der Waals surface area contributed by atoms with Crippen LogP contribution in [-0.4, -0.2) is 55.6 Å². The van der Waals surface area contributed by atoms with Crippen molar-refractivity contribution in [3.05, 3.63) is 52.7 Å². The Kier molecular flexibility index (Phi) is 6.94. The lowest BCUT2D eigenvalue weighted by molar-refractivity contribution is 0.0946. The van der Waals surface area contributed by atoms with Crippen molar-refractivity contribution in [1.82, 2.24) is 35.4 Å². The number of hydrogen-bond donors (Lipinski definition) is 2. The number of nitrogens with one attached hydrogen (secondary N) is 2. The molecule has 1 aliphatic heterocycles. The molecule has 0 unspecified atom stereocenters. The van der Waals surface area contributed by atoms with Crippen LogP contribution in [0.2, 0.25) is 0 Å². The molecule has 0 saturated carbocycles. The van der Waals surface area contributed by atoms with Gasteiger partial charge in [-0.1, -0.05) is 0 Å². The van der Waals surface area contributed by atoms with E-state index in [1.165, 1.54) is 11.3 Å². The number of carbonyl (C=O) groups excluding carboxylic acids is 1. The van der Waals surface area contributed by atoms with Gasteiger partial charge >= 0.3 is 0 Å². The first kappa shape index (κ1) is 21.7. The molecule has 10 nitrogen and oxygen atoms in total. The van der Waals surface area contributed by atoms with Crippen LogP contribution in [0.1, 0.15) is 46.3 Å². The summed E-state index contributed by atoms with van der Waals surface area (Å²) in [6.45, 7) is 4.43. The van der Waals surface area contributed by atoms with E-state index in [0.717, 1.165) is 43.0 Å². The maximum atomic E-state index is 12.4. The topological polar surface area (TPSA) is 133 Å². The summed E-state index contributed by atoms with van der Waals surface area (Å²) >= 11 is 1.34. The summed E-state index contributed by atoms with van der Waals surface area (Å²) < 4.78 is 0. The summed E-state index contributed by atoms with van der Waals surface area (Å²) in [7, 11) is 0. The molecule has 4 rings (SSSR count). The molecular weight excluding hydrogens is 426 g/mol. The molecule has 11 heteroatoms. The predicted molar refractivity (Wildman–Crippen MR) is 119 cm³/mol. The second kappa shape index (κ2) is 10.2. The van der Waals surface area contributed by atoms with Crippen molar-refractivity contribution in [2.45, 2.75) is 32.2 Å². The van der Waals surface area contributed by atoms with E-state index in [1.54, 1.807) is 23.8 Å². The number of nitriles is 1. The smallest absolute Gasteiger partial charge is 0.271 e. The first-order chi connectivity index (χ1) is 15.6. The highest BCUT2D eigenvalue weighted by molar-refractivity contribution is 7.14. The van der Waals surface area contributed by atoms with Crippen molar-refractivity contribution in [2.24, 2.45) is 0 Å². The van der Waals surface area contributed by atoms with Crippen molar-refractivity contribution in [3.8, 4) is 6.07 Å². The van der Waals surface area contributed by atoms with Gasteiger partial charge in [-0.3, -0.25) is 9.69 Å². The van der Waals surface area contributed by atoms with E-state index in [9.17, 15) is 4.79 Å². The molecule has 1 fully saturated rings. The van der Waals surface area contributed by atoms with Gasteiger partial charge in [0.25, 0.3) is 5.91 Å². The minimum absolute atomic E-state index is 0.192. The van der Waals surface area contributed by atoms with E-state index < -0.39 is 0 Å². The predicted octanol–water partition coefficient (Wildman–Crippen LogP) is 2.41. The molecule has 1 amide bonds. The van der Waals surface area contributed by atoms with E-state index in [0.29, 0.717) is 29.7 Å².